The number of hydrogen-bond donors (Lipinski definition) is 1. The van der Waals surface area contributed by atoms with Crippen LogP contribution in [0.25, 0.3) is 11.5 Å². The maximum atomic E-state index is 12.3. The van der Waals surface area contributed by atoms with Gasteiger partial charge in [-0.3, -0.25) is 0 Å². The quantitative estimate of drug-likeness (QED) is 0.431. The number of carbonyl (C=O) groups excluding carboxylic acids is 1. The standard InChI is InChI=1S/C24H27BrN6O4S/c1-24(2,3)35-23(32)30-7-4-14(5-8-30)6-9-31-12-27-20(26)19-21(31)29-22(28-19)36-18-11-17-16(10-15(18)25)33-13-34-17/h6,10-12H,4-5,7-9,13,26H2,1-3H3. The first kappa shape index (κ1) is 24.7. The summed E-state index contributed by atoms with van der Waals surface area (Å²) in [6, 6.07) is 3.78. The molecular formula is C24H27BrN6O4S. The van der Waals surface area contributed by atoms with Crippen LogP contribution in [-0.4, -0.2) is 56.0 Å². The molecule has 1 saturated heterocycles. The monoisotopic (exact) mass is 574 g/mol. The molecule has 5 rings (SSSR count). The van der Waals surface area contributed by atoms with E-state index < -0.39 is 5.60 Å². The minimum absolute atomic E-state index is 0.212. The number of halogens is 1. The molecule has 2 N–H and O–H groups in total. The number of hydrogen-bond acceptors (Lipinski definition) is 9. The topological polar surface area (TPSA) is 118 Å². The summed E-state index contributed by atoms with van der Waals surface area (Å²) in [6.45, 7) is 7.71. The van der Waals surface area contributed by atoms with Crippen LogP contribution in [-0.2, 0) is 11.3 Å². The molecule has 0 aromatic heterocycles. The van der Waals surface area contributed by atoms with E-state index in [4.69, 9.17) is 24.9 Å². The Morgan fingerprint density at radius 2 is 1.94 bits per heavy atom. The number of likely N-dealkylation sites (tertiary alicyclic amines) is 1. The molecule has 1 aromatic carbocycles. The van der Waals surface area contributed by atoms with E-state index in [1.54, 1.807) is 11.2 Å². The van der Waals surface area contributed by atoms with Crippen molar-refractivity contribution in [3.63, 3.8) is 0 Å². The Balaban J connectivity index is 1.28. The summed E-state index contributed by atoms with van der Waals surface area (Å²) < 4.78 is 19.2. The molecule has 1 aromatic rings. The van der Waals surface area contributed by atoms with Crippen LogP contribution in [0.5, 0.6) is 11.5 Å². The van der Waals surface area contributed by atoms with Crippen molar-refractivity contribution in [2.75, 3.05) is 25.6 Å². The SMILES string of the molecule is CC(C)(C)OC(=O)N1CCC(=CCn2cnc(N)c3nc(Sc4cc5c(cc4Br)OCO5)nc2-3)CC1. The summed E-state index contributed by atoms with van der Waals surface area (Å²) in [7, 11) is 0. The predicted molar refractivity (Wildman–Crippen MR) is 138 cm³/mol. The smallest absolute Gasteiger partial charge is 0.410 e. The van der Waals surface area contributed by atoms with Gasteiger partial charge in [-0.15, -0.1) is 0 Å². The molecule has 4 aliphatic rings. The summed E-state index contributed by atoms with van der Waals surface area (Å²) in [5, 5.41) is 0.566. The number of piperidine rings is 1. The number of anilines is 1. The van der Waals surface area contributed by atoms with Gasteiger partial charge in [-0.05, 0) is 73.4 Å². The Bertz CT molecular complexity index is 1290. The molecule has 0 atom stereocenters. The normalized spacial score (nSPS) is 15.4. The number of nitrogens with two attached hydrogens (primary N) is 1. The van der Waals surface area contributed by atoms with Crippen LogP contribution in [0.4, 0.5) is 10.6 Å². The zero-order chi connectivity index (χ0) is 25.4. The van der Waals surface area contributed by atoms with Crippen LogP contribution in [0.1, 0.15) is 33.6 Å². The number of benzene rings is 1. The number of rotatable bonds is 4. The molecule has 1 amide bonds. The minimum atomic E-state index is -0.492. The van der Waals surface area contributed by atoms with Crippen molar-refractivity contribution >= 4 is 39.6 Å². The largest absolute Gasteiger partial charge is 0.454 e. The fourth-order valence-corrected chi connectivity index (χ4v) is 5.28. The number of amides is 1. The first-order valence-corrected chi connectivity index (χ1v) is 13.2. The molecule has 0 saturated carbocycles. The lowest BCUT2D eigenvalue weighted by atomic mass is 10.0. The summed E-state index contributed by atoms with van der Waals surface area (Å²) in [5.41, 5.74) is 7.47. The molecule has 4 heterocycles. The van der Waals surface area contributed by atoms with Gasteiger partial charge in [0.05, 0.1) is 6.33 Å². The second kappa shape index (κ2) is 9.81. The van der Waals surface area contributed by atoms with Gasteiger partial charge in [0.25, 0.3) is 0 Å². The van der Waals surface area contributed by atoms with E-state index >= 15 is 0 Å². The molecule has 4 aliphatic heterocycles. The third kappa shape index (κ3) is 5.39. The highest BCUT2D eigenvalue weighted by atomic mass is 79.9. The Morgan fingerprint density at radius 1 is 1.22 bits per heavy atom. The summed E-state index contributed by atoms with van der Waals surface area (Å²) in [6.07, 6.45) is 5.20. The number of allylic oxidation sites excluding steroid dienone is 1. The van der Waals surface area contributed by atoms with Crippen LogP contribution in [0.3, 0.4) is 0 Å². The van der Waals surface area contributed by atoms with Crippen molar-refractivity contribution in [2.24, 2.45) is 0 Å². The van der Waals surface area contributed by atoms with E-state index in [1.807, 2.05) is 37.5 Å². The molecule has 36 heavy (non-hydrogen) atoms. The van der Waals surface area contributed by atoms with Gasteiger partial charge in [-0.1, -0.05) is 11.6 Å². The zero-order valence-electron chi connectivity index (χ0n) is 20.3. The Morgan fingerprint density at radius 3 is 2.67 bits per heavy atom. The van der Waals surface area contributed by atoms with Crippen molar-refractivity contribution in [1.82, 2.24) is 24.4 Å². The number of carbonyl (C=O) groups is 1. The average molecular weight is 575 g/mol. The second-order valence-corrected chi connectivity index (χ2v) is 11.4. The van der Waals surface area contributed by atoms with Gasteiger partial charge >= 0.3 is 6.09 Å². The highest BCUT2D eigenvalue weighted by Gasteiger charge is 2.25. The van der Waals surface area contributed by atoms with Crippen LogP contribution in [0, 0.1) is 0 Å². The first-order valence-electron chi connectivity index (χ1n) is 11.6. The molecule has 0 unspecified atom stereocenters. The molecule has 0 bridgehead atoms. The molecule has 0 radical (unpaired) electrons. The highest BCUT2D eigenvalue weighted by molar-refractivity contribution is 9.10. The number of nitrogen functional groups attached to an aromatic ring is 1. The summed E-state index contributed by atoms with van der Waals surface area (Å²) in [5.74, 6) is 2.40. The number of nitrogens with zero attached hydrogens (tertiary/aromatic N) is 5. The highest BCUT2D eigenvalue weighted by Crippen LogP contribution is 2.43. The number of fused-ring (bicyclic) bond motifs is 2. The summed E-state index contributed by atoms with van der Waals surface area (Å²) >= 11 is 4.99. The average Bonchev–Trinajstić information content (AvgIpc) is 3.45. The molecule has 0 aliphatic carbocycles. The number of aromatic nitrogens is 4. The van der Waals surface area contributed by atoms with Crippen molar-refractivity contribution in [3.8, 4) is 23.0 Å². The first-order chi connectivity index (χ1) is 17.2. The second-order valence-electron chi connectivity index (χ2n) is 9.53. The van der Waals surface area contributed by atoms with E-state index in [0.29, 0.717) is 53.6 Å². The van der Waals surface area contributed by atoms with Crippen molar-refractivity contribution in [1.29, 1.82) is 0 Å². The van der Waals surface area contributed by atoms with E-state index in [1.165, 1.54) is 17.3 Å². The zero-order valence-corrected chi connectivity index (χ0v) is 22.7. The van der Waals surface area contributed by atoms with Gasteiger partial charge in [0.15, 0.2) is 34.0 Å². The maximum absolute atomic E-state index is 12.3. The van der Waals surface area contributed by atoms with Crippen LogP contribution in [0.15, 0.2) is 44.6 Å². The van der Waals surface area contributed by atoms with Gasteiger partial charge < -0.3 is 29.4 Å². The third-order valence-corrected chi connectivity index (χ3v) is 7.58. The Kier molecular flexibility index (Phi) is 6.73. The van der Waals surface area contributed by atoms with Gasteiger partial charge in [0.1, 0.15) is 5.60 Å². The fraction of sp³-hybridized carbons (Fsp3) is 0.417. The van der Waals surface area contributed by atoms with E-state index in [9.17, 15) is 4.79 Å². The molecule has 1 fully saturated rings. The lowest BCUT2D eigenvalue weighted by molar-refractivity contribution is 0.0236. The van der Waals surface area contributed by atoms with Gasteiger partial charge in [0, 0.05) is 29.0 Å². The Labute approximate surface area is 221 Å². The fourth-order valence-electron chi connectivity index (χ4n) is 3.92. The molecule has 10 nitrogen and oxygen atoms in total. The van der Waals surface area contributed by atoms with Crippen molar-refractivity contribution < 1.29 is 19.0 Å². The molecule has 0 spiro atoms. The number of imidazole rings is 1. The predicted octanol–water partition coefficient (Wildman–Crippen LogP) is 4.96. The van der Waals surface area contributed by atoms with Gasteiger partial charge in [0.2, 0.25) is 6.79 Å². The summed E-state index contributed by atoms with van der Waals surface area (Å²) in [4.78, 5) is 28.7. The number of ether oxygens (including phenoxy) is 3. The minimum Gasteiger partial charge on any atom is -0.454 e. The molecular weight excluding hydrogens is 548 g/mol. The lowest BCUT2D eigenvalue weighted by Crippen LogP contribution is -2.40. The Hall–Kier alpha value is -2.99. The van der Waals surface area contributed by atoms with Gasteiger partial charge in [-0.25, -0.2) is 19.7 Å². The van der Waals surface area contributed by atoms with Crippen LogP contribution < -0.4 is 15.2 Å². The van der Waals surface area contributed by atoms with Crippen LogP contribution in [0.2, 0.25) is 0 Å². The van der Waals surface area contributed by atoms with Crippen molar-refractivity contribution in [3.05, 3.63) is 34.6 Å². The third-order valence-electron chi connectivity index (χ3n) is 5.73. The molecule has 190 valence electrons. The van der Waals surface area contributed by atoms with E-state index in [2.05, 4.69) is 32.0 Å². The van der Waals surface area contributed by atoms with E-state index in [0.717, 1.165) is 22.2 Å². The lowest BCUT2D eigenvalue weighted by Gasteiger charge is -2.31. The van der Waals surface area contributed by atoms with E-state index in [-0.39, 0.29) is 12.9 Å². The van der Waals surface area contributed by atoms with Crippen molar-refractivity contribution in [2.45, 2.75) is 55.8 Å². The maximum Gasteiger partial charge on any atom is 0.410 e. The van der Waals surface area contributed by atoms with Gasteiger partial charge in [-0.2, -0.15) is 0 Å². The van der Waals surface area contributed by atoms with Crippen LogP contribution >= 0.6 is 27.7 Å². The molecule has 12 heteroatoms.